The third-order valence-corrected chi connectivity index (χ3v) is 4.14. The van der Waals surface area contributed by atoms with E-state index in [9.17, 15) is 4.79 Å². The van der Waals surface area contributed by atoms with Crippen LogP contribution in [0.3, 0.4) is 0 Å². The van der Waals surface area contributed by atoms with Crippen LogP contribution in [0.1, 0.15) is 32.8 Å². The minimum absolute atomic E-state index is 0.0651. The van der Waals surface area contributed by atoms with Gasteiger partial charge in [0.05, 0.1) is 5.25 Å². The van der Waals surface area contributed by atoms with Gasteiger partial charge in [-0.25, -0.2) is 0 Å². The molecule has 18 heavy (non-hydrogen) atoms. The summed E-state index contributed by atoms with van der Waals surface area (Å²) in [7, 11) is 0. The number of anilines is 1. The molecule has 1 rings (SSSR count). The van der Waals surface area contributed by atoms with E-state index in [4.69, 9.17) is 5.73 Å². The van der Waals surface area contributed by atoms with Crippen LogP contribution >= 0.6 is 11.8 Å². The van der Waals surface area contributed by atoms with Gasteiger partial charge in [-0.05, 0) is 38.8 Å². The predicted octanol–water partition coefficient (Wildman–Crippen LogP) is 2.97. The topological polar surface area (TPSA) is 55.1 Å². The Hall–Kier alpha value is -1.16. The van der Waals surface area contributed by atoms with Crippen LogP contribution in [-0.4, -0.2) is 17.2 Å². The highest BCUT2D eigenvalue weighted by molar-refractivity contribution is 8.00. The van der Waals surface area contributed by atoms with E-state index in [1.54, 1.807) is 0 Å². The molecular weight excluding hydrogens is 244 g/mol. The maximum atomic E-state index is 11.9. The van der Waals surface area contributed by atoms with Crippen molar-refractivity contribution in [3.8, 4) is 0 Å². The molecule has 0 saturated carbocycles. The number of nitrogen functional groups attached to an aromatic ring is 1. The van der Waals surface area contributed by atoms with Crippen molar-refractivity contribution in [1.29, 1.82) is 0 Å². The third kappa shape index (κ3) is 3.95. The van der Waals surface area contributed by atoms with Gasteiger partial charge in [-0.1, -0.05) is 19.1 Å². The molecule has 0 heterocycles. The third-order valence-electron chi connectivity index (χ3n) is 2.96. The summed E-state index contributed by atoms with van der Waals surface area (Å²) in [6.45, 7) is 7.95. The van der Waals surface area contributed by atoms with E-state index in [0.717, 1.165) is 22.6 Å². The summed E-state index contributed by atoms with van der Waals surface area (Å²) in [6, 6.07) is 6.12. The Morgan fingerprint density at radius 3 is 2.72 bits per heavy atom. The van der Waals surface area contributed by atoms with Crippen molar-refractivity contribution in [2.75, 3.05) is 5.73 Å². The number of carbonyl (C=O) groups excluding carboxylic acids is 1. The smallest absolute Gasteiger partial charge is 0.233 e. The first-order valence-corrected chi connectivity index (χ1v) is 7.15. The number of hydrogen-bond acceptors (Lipinski definition) is 3. The van der Waals surface area contributed by atoms with Crippen LogP contribution < -0.4 is 11.1 Å². The van der Waals surface area contributed by atoms with Gasteiger partial charge in [0.25, 0.3) is 0 Å². The lowest BCUT2D eigenvalue weighted by Gasteiger charge is -2.17. The zero-order valence-electron chi connectivity index (χ0n) is 11.5. The molecule has 3 nitrogen and oxygen atoms in total. The summed E-state index contributed by atoms with van der Waals surface area (Å²) in [5.74, 6) is 0.0651. The van der Waals surface area contributed by atoms with E-state index in [-0.39, 0.29) is 17.2 Å². The van der Waals surface area contributed by atoms with Crippen molar-refractivity contribution in [1.82, 2.24) is 5.32 Å². The molecule has 0 saturated heterocycles. The van der Waals surface area contributed by atoms with Gasteiger partial charge in [-0.15, -0.1) is 11.8 Å². The van der Waals surface area contributed by atoms with Gasteiger partial charge in [0.15, 0.2) is 0 Å². The first kappa shape index (κ1) is 14.9. The van der Waals surface area contributed by atoms with Gasteiger partial charge in [0.1, 0.15) is 0 Å². The van der Waals surface area contributed by atoms with E-state index >= 15 is 0 Å². The molecule has 0 radical (unpaired) electrons. The van der Waals surface area contributed by atoms with Crippen molar-refractivity contribution in [3.63, 3.8) is 0 Å². The second-order valence-electron chi connectivity index (χ2n) is 4.56. The molecular formula is C14H22N2OS. The standard InChI is InChI=1S/C14H22N2OS/c1-5-10(3)16-14(17)11(4)18-12-8-6-7-9(2)13(12)15/h6-8,10-11H,5,15H2,1-4H3,(H,16,17). The highest BCUT2D eigenvalue weighted by Crippen LogP contribution is 2.30. The number of carbonyl (C=O) groups is 1. The first-order chi connectivity index (χ1) is 8.45. The van der Waals surface area contributed by atoms with E-state index in [2.05, 4.69) is 12.2 Å². The number of nitrogens with one attached hydrogen (secondary N) is 1. The van der Waals surface area contributed by atoms with Crippen molar-refractivity contribution in [2.24, 2.45) is 0 Å². The molecule has 100 valence electrons. The quantitative estimate of drug-likeness (QED) is 0.636. The fourth-order valence-corrected chi connectivity index (χ4v) is 2.46. The van der Waals surface area contributed by atoms with E-state index < -0.39 is 0 Å². The molecule has 0 spiro atoms. The summed E-state index contributed by atoms with van der Waals surface area (Å²) < 4.78 is 0. The lowest BCUT2D eigenvalue weighted by atomic mass is 10.2. The van der Waals surface area contributed by atoms with Crippen molar-refractivity contribution >= 4 is 23.4 Å². The van der Waals surface area contributed by atoms with Gasteiger partial charge in [-0.3, -0.25) is 4.79 Å². The molecule has 1 aromatic rings. The molecule has 3 N–H and O–H groups in total. The van der Waals surface area contributed by atoms with Gasteiger partial charge < -0.3 is 11.1 Å². The number of para-hydroxylation sites is 1. The Labute approximate surface area is 114 Å². The average Bonchev–Trinajstić information content (AvgIpc) is 2.34. The van der Waals surface area contributed by atoms with Crippen LogP contribution in [0.15, 0.2) is 23.1 Å². The van der Waals surface area contributed by atoms with Crippen LogP contribution in [0.2, 0.25) is 0 Å². The summed E-state index contributed by atoms with van der Waals surface area (Å²) in [5.41, 5.74) is 7.83. The summed E-state index contributed by atoms with van der Waals surface area (Å²) in [4.78, 5) is 12.9. The van der Waals surface area contributed by atoms with Gasteiger partial charge in [0, 0.05) is 16.6 Å². The molecule has 0 aromatic heterocycles. The fraction of sp³-hybridized carbons (Fsp3) is 0.500. The molecule has 0 aliphatic heterocycles. The van der Waals surface area contributed by atoms with Gasteiger partial charge in [0.2, 0.25) is 5.91 Å². The number of amides is 1. The Bertz CT molecular complexity index is 420. The number of nitrogens with two attached hydrogens (primary N) is 1. The predicted molar refractivity (Wildman–Crippen MR) is 78.8 cm³/mol. The van der Waals surface area contributed by atoms with Crippen LogP contribution in [0.4, 0.5) is 5.69 Å². The summed E-state index contributed by atoms with van der Waals surface area (Å²) in [6.07, 6.45) is 0.940. The normalized spacial score (nSPS) is 14.0. The number of benzene rings is 1. The second kappa shape index (κ2) is 6.69. The van der Waals surface area contributed by atoms with E-state index in [1.165, 1.54) is 11.8 Å². The minimum atomic E-state index is -0.136. The monoisotopic (exact) mass is 266 g/mol. The highest BCUT2D eigenvalue weighted by Gasteiger charge is 2.17. The zero-order valence-corrected chi connectivity index (χ0v) is 12.3. The summed E-state index contributed by atoms with van der Waals surface area (Å²) in [5, 5.41) is 2.85. The molecule has 0 fully saturated rings. The van der Waals surface area contributed by atoms with Crippen molar-refractivity contribution in [2.45, 2.75) is 50.3 Å². The Kier molecular flexibility index (Phi) is 5.54. The molecule has 4 heteroatoms. The number of aryl methyl sites for hydroxylation is 1. The maximum absolute atomic E-state index is 11.9. The molecule has 2 atom stereocenters. The Balaban J connectivity index is 2.67. The van der Waals surface area contributed by atoms with Crippen LogP contribution in [0, 0.1) is 6.92 Å². The molecule has 2 unspecified atom stereocenters. The molecule has 0 aliphatic rings. The lowest BCUT2D eigenvalue weighted by molar-refractivity contribution is -0.120. The van der Waals surface area contributed by atoms with Crippen molar-refractivity contribution < 1.29 is 4.79 Å². The highest BCUT2D eigenvalue weighted by atomic mass is 32.2. The fourth-order valence-electron chi connectivity index (χ4n) is 1.46. The molecule has 0 aliphatic carbocycles. The second-order valence-corrected chi connectivity index (χ2v) is 5.95. The zero-order chi connectivity index (χ0) is 13.7. The summed E-state index contributed by atoms with van der Waals surface area (Å²) >= 11 is 1.51. The largest absolute Gasteiger partial charge is 0.398 e. The first-order valence-electron chi connectivity index (χ1n) is 6.27. The SMILES string of the molecule is CCC(C)NC(=O)C(C)Sc1cccc(C)c1N. The number of hydrogen-bond donors (Lipinski definition) is 2. The number of thioether (sulfide) groups is 1. The maximum Gasteiger partial charge on any atom is 0.233 e. The average molecular weight is 266 g/mol. The molecule has 0 bridgehead atoms. The van der Waals surface area contributed by atoms with Gasteiger partial charge >= 0.3 is 0 Å². The van der Waals surface area contributed by atoms with E-state index in [0.29, 0.717) is 0 Å². The van der Waals surface area contributed by atoms with Crippen LogP contribution in [-0.2, 0) is 4.79 Å². The molecule has 1 aromatic carbocycles. The van der Waals surface area contributed by atoms with E-state index in [1.807, 2.05) is 39.0 Å². The number of rotatable bonds is 5. The van der Waals surface area contributed by atoms with Crippen molar-refractivity contribution in [3.05, 3.63) is 23.8 Å². The Morgan fingerprint density at radius 2 is 2.11 bits per heavy atom. The lowest BCUT2D eigenvalue weighted by Crippen LogP contribution is -2.37. The van der Waals surface area contributed by atoms with Gasteiger partial charge in [-0.2, -0.15) is 0 Å². The minimum Gasteiger partial charge on any atom is -0.398 e. The molecule has 1 amide bonds. The van der Waals surface area contributed by atoms with Crippen LogP contribution in [0.25, 0.3) is 0 Å². The Morgan fingerprint density at radius 1 is 1.44 bits per heavy atom. The van der Waals surface area contributed by atoms with Crippen LogP contribution in [0.5, 0.6) is 0 Å².